The van der Waals surface area contributed by atoms with Crippen molar-refractivity contribution in [2.45, 2.75) is 26.9 Å². The summed E-state index contributed by atoms with van der Waals surface area (Å²) in [5, 5.41) is 8.63. The predicted molar refractivity (Wildman–Crippen MR) is 94.5 cm³/mol. The van der Waals surface area contributed by atoms with E-state index in [1.54, 1.807) is 31.2 Å². The van der Waals surface area contributed by atoms with E-state index in [4.69, 9.17) is 9.84 Å². The van der Waals surface area contributed by atoms with Crippen molar-refractivity contribution in [1.29, 1.82) is 0 Å². The minimum atomic E-state index is -1.06. The number of nitrogens with zero attached hydrogens (tertiary/aromatic N) is 3. The van der Waals surface area contributed by atoms with Gasteiger partial charge < -0.3 is 14.8 Å². The third kappa shape index (κ3) is 2.99. The molecule has 2 heterocycles. The van der Waals surface area contributed by atoms with Gasteiger partial charge in [0, 0.05) is 18.7 Å². The van der Waals surface area contributed by atoms with Gasteiger partial charge in [0.1, 0.15) is 17.1 Å². The largest absolute Gasteiger partial charge is 0.482 e. The van der Waals surface area contributed by atoms with Gasteiger partial charge in [-0.2, -0.15) is 0 Å². The van der Waals surface area contributed by atoms with Crippen LogP contribution in [-0.2, 0) is 17.9 Å². The number of carboxylic acids is 1. The van der Waals surface area contributed by atoms with Gasteiger partial charge in [-0.15, -0.1) is 0 Å². The van der Waals surface area contributed by atoms with E-state index in [2.05, 4.69) is 9.97 Å². The molecular weight excluding hydrogens is 340 g/mol. The zero-order chi connectivity index (χ0) is 18.8. The summed E-state index contributed by atoms with van der Waals surface area (Å²) in [5.74, 6) is -0.209. The molecule has 9 nitrogen and oxygen atoms in total. The highest BCUT2D eigenvalue weighted by Crippen LogP contribution is 2.21. The number of carboxylic acid groups (broad SMARTS) is 1. The van der Waals surface area contributed by atoms with Crippen molar-refractivity contribution in [2.24, 2.45) is 0 Å². The maximum Gasteiger partial charge on any atom is 0.341 e. The van der Waals surface area contributed by atoms with Crippen LogP contribution in [0.15, 0.2) is 33.9 Å². The predicted octanol–water partition coefficient (Wildman–Crippen LogP) is 1.06. The van der Waals surface area contributed by atoms with Crippen molar-refractivity contribution >= 4 is 17.1 Å². The van der Waals surface area contributed by atoms with Crippen LogP contribution in [0.2, 0.25) is 0 Å². The van der Waals surface area contributed by atoms with E-state index in [1.165, 1.54) is 4.57 Å². The molecule has 0 unspecified atom stereocenters. The molecule has 0 bridgehead atoms. The molecule has 0 saturated heterocycles. The number of aryl methyl sites for hydroxylation is 1. The molecule has 0 radical (unpaired) electrons. The van der Waals surface area contributed by atoms with Gasteiger partial charge in [-0.25, -0.2) is 14.6 Å². The van der Waals surface area contributed by atoms with Crippen LogP contribution < -0.4 is 16.0 Å². The monoisotopic (exact) mass is 358 g/mol. The highest BCUT2D eigenvalue weighted by Gasteiger charge is 2.16. The first-order valence-electron chi connectivity index (χ1n) is 8.14. The topological polar surface area (TPSA) is 119 Å². The average Bonchev–Trinajstić information content (AvgIpc) is 3.06. The van der Waals surface area contributed by atoms with E-state index in [1.807, 2.05) is 6.92 Å². The molecule has 0 saturated carbocycles. The minimum Gasteiger partial charge on any atom is -0.482 e. The number of aromatic amines is 1. The lowest BCUT2D eigenvalue weighted by Gasteiger charge is -2.06. The zero-order valence-electron chi connectivity index (χ0n) is 14.4. The van der Waals surface area contributed by atoms with E-state index < -0.39 is 18.1 Å². The lowest BCUT2D eigenvalue weighted by atomic mass is 10.2. The Labute approximate surface area is 147 Å². The lowest BCUT2D eigenvalue weighted by molar-refractivity contribution is -0.139. The number of fused-ring (bicyclic) bond motifs is 1. The van der Waals surface area contributed by atoms with Gasteiger partial charge in [0.15, 0.2) is 12.3 Å². The molecular formula is C17H18N4O5. The Morgan fingerprint density at radius 2 is 1.81 bits per heavy atom. The van der Waals surface area contributed by atoms with E-state index in [-0.39, 0.29) is 17.8 Å². The van der Waals surface area contributed by atoms with Crippen LogP contribution in [0.5, 0.6) is 5.75 Å². The van der Waals surface area contributed by atoms with Crippen LogP contribution in [-0.4, -0.2) is 36.8 Å². The van der Waals surface area contributed by atoms with E-state index in [0.29, 0.717) is 29.3 Å². The van der Waals surface area contributed by atoms with Gasteiger partial charge in [-0.05, 0) is 38.1 Å². The molecule has 9 heteroatoms. The Kier molecular flexibility index (Phi) is 4.61. The van der Waals surface area contributed by atoms with Gasteiger partial charge in [-0.3, -0.25) is 13.9 Å². The van der Waals surface area contributed by atoms with Crippen LogP contribution in [0.1, 0.15) is 13.8 Å². The molecule has 0 aliphatic rings. The molecule has 0 spiro atoms. The van der Waals surface area contributed by atoms with E-state index >= 15 is 0 Å². The zero-order valence-corrected chi connectivity index (χ0v) is 14.4. The van der Waals surface area contributed by atoms with Gasteiger partial charge >= 0.3 is 11.7 Å². The number of aliphatic carboxylic acids is 1. The highest BCUT2D eigenvalue weighted by atomic mass is 16.5. The number of hydrogen-bond acceptors (Lipinski definition) is 5. The molecule has 0 fully saturated rings. The second kappa shape index (κ2) is 6.87. The molecule has 0 aliphatic heterocycles. The molecule has 2 N–H and O–H groups in total. The summed E-state index contributed by atoms with van der Waals surface area (Å²) >= 11 is 0. The molecule has 1 aromatic carbocycles. The first-order valence-corrected chi connectivity index (χ1v) is 8.14. The smallest absolute Gasteiger partial charge is 0.341 e. The molecule has 3 aromatic rings. The highest BCUT2D eigenvalue weighted by molar-refractivity contribution is 5.75. The minimum absolute atomic E-state index is 0.273. The van der Waals surface area contributed by atoms with E-state index in [9.17, 15) is 14.4 Å². The Hall–Kier alpha value is -3.36. The third-order valence-electron chi connectivity index (χ3n) is 3.98. The molecule has 0 aliphatic carbocycles. The third-order valence-corrected chi connectivity index (χ3v) is 3.98. The van der Waals surface area contributed by atoms with Crippen molar-refractivity contribution in [3.8, 4) is 17.1 Å². The number of aromatic nitrogens is 4. The number of carbonyl (C=O) groups is 1. The summed E-state index contributed by atoms with van der Waals surface area (Å²) in [4.78, 5) is 42.8. The Balaban J connectivity index is 2.07. The van der Waals surface area contributed by atoms with Crippen molar-refractivity contribution in [3.63, 3.8) is 0 Å². The van der Waals surface area contributed by atoms with Crippen molar-refractivity contribution in [3.05, 3.63) is 45.1 Å². The van der Waals surface area contributed by atoms with Gasteiger partial charge in [0.2, 0.25) is 0 Å². The van der Waals surface area contributed by atoms with Crippen LogP contribution in [0, 0.1) is 0 Å². The number of ether oxygens (including phenoxy) is 1. The van der Waals surface area contributed by atoms with Gasteiger partial charge in [0.25, 0.3) is 5.56 Å². The standard InChI is InChI=1S/C17H18N4O5/c1-3-20-15-13(16(24)21(4-2)17(20)25)18-14(19-15)10-5-7-11(8-6-10)26-9-12(22)23/h5-8H,3-4,9H2,1-2H3,(H,18,19)(H,22,23). The molecule has 26 heavy (non-hydrogen) atoms. The lowest BCUT2D eigenvalue weighted by Crippen LogP contribution is -2.39. The maximum atomic E-state index is 12.5. The molecule has 136 valence electrons. The molecule has 2 aromatic heterocycles. The van der Waals surface area contributed by atoms with Crippen molar-refractivity contribution in [1.82, 2.24) is 19.1 Å². The quantitative estimate of drug-likeness (QED) is 0.680. The summed E-state index contributed by atoms with van der Waals surface area (Å²) in [6.07, 6.45) is 0. The van der Waals surface area contributed by atoms with Crippen LogP contribution in [0.3, 0.4) is 0 Å². The maximum absolute atomic E-state index is 12.5. The number of hydrogen-bond donors (Lipinski definition) is 2. The van der Waals surface area contributed by atoms with Crippen LogP contribution in [0.25, 0.3) is 22.6 Å². The number of benzene rings is 1. The van der Waals surface area contributed by atoms with Crippen molar-refractivity contribution in [2.75, 3.05) is 6.61 Å². The summed E-state index contributed by atoms with van der Waals surface area (Å²) in [5.41, 5.74) is 0.477. The number of nitrogens with one attached hydrogen (secondary N) is 1. The van der Waals surface area contributed by atoms with Crippen LogP contribution >= 0.6 is 0 Å². The van der Waals surface area contributed by atoms with Gasteiger partial charge in [0.05, 0.1) is 0 Å². The van der Waals surface area contributed by atoms with Crippen molar-refractivity contribution < 1.29 is 14.6 Å². The summed E-state index contributed by atoms with van der Waals surface area (Å²) in [7, 11) is 0. The summed E-state index contributed by atoms with van der Waals surface area (Å²) in [6.45, 7) is 3.79. The Bertz CT molecular complexity index is 1080. The SMILES string of the molecule is CCn1c(=O)c2[nH]c(-c3ccc(OCC(=O)O)cc3)nc2n(CC)c1=O. The molecule has 3 rings (SSSR count). The normalized spacial score (nSPS) is 11.0. The Morgan fingerprint density at radius 1 is 1.15 bits per heavy atom. The fraction of sp³-hybridized carbons (Fsp3) is 0.294. The first kappa shape index (κ1) is 17.5. The molecule has 0 atom stereocenters. The summed E-state index contributed by atoms with van der Waals surface area (Å²) < 4.78 is 7.70. The van der Waals surface area contributed by atoms with Gasteiger partial charge in [-0.1, -0.05) is 0 Å². The Morgan fingerprint density at radius 3 is 2.38 bits per heavy atom. The first-order chi connectivity index (χ1) is 12.5. The number of rotatable bonds is 6. The average molecular weight is 358 g/mol. The fourth-order valence-corrected chi connectivity index (χ4v) is 2.72. The van der Waals surface area contributed by atoms with E-state index in [0.717, 1.165) is 4.57 Å². The number of imidazole rings is 1. The second-order valence-corrected chi connectivity index (χ2v) is 5.57. The summed E-state index contributed by atoms with van der Waals surface area (Å²) in [6, 6.07) is 6.62. The second-order valence-electron chi connectivity index (χ2n) is 5.57. The fourth-order valence-electron chi connectivity index (χ4n) is 2.72. The number of H-pyrrole nitrogens is 1. The van der Waals surface area contributed by atoms with Crippen LogP contribution in [0.4, 0.5) is 0 Å². The molecule has 0 amide bonds.